The first-order valence-electron chi connectivity index (χ1n) is 6.14. The van der Waals surface area contributed by atoms with E-state index in [1.165, 1.54) is 0 Å². The lowest BCUT2D eigenvalue weighted by Gasteiger charge is -2.30. The molecule has 0 spiro atoms. The number of oxazole rings is 1. The molecule has 0 aliphatic heterocycles. The van der Waals surface area contributed by atoms with E-state index in [-0.39, 0.29) is 5.41 Å². The number of aromatic nitrogens is 1. The first-order chi connectivity index (χ1) is 8.44. The van der Waals surface area contributed by atoms with Crippen molar-refractivity contribution in [3.63, 3.8) is 0 Å². The Balaban J connectivity index is 2.35. The van der Waals surface area contributed by atoms with Gasteiger partial charge in [-0.1, -0.05) is 19.9 Å². The first-order valence-corrected chi connectivity index (χ1v) is 6.14. The number of benzene rings is 1. The van der Waals surface area contributed by atoms with Crippen LogP contribution in [-0.4, -0.2) is 23.7 Å². The highest BCUT2D eigenvalue weighted by Crippen LogP contribution is 2.33. The number of hydrogen-bond donors (Lipinski definition) is 2. The molecule has 2 aromatic rings. The van der Waals surface area contributed by atoms with Crippen LogP contribution in [0.2, 0.25) is 0 Å². The van der Waals surface area contributed by atoms with E-state index < -0.39 is 6.10 Å². The second kappa shape index (κ2) is 4.71. The van der Waals surface area contributed by atoms with Gasteiger partial charge < -0.3 is 14.8 Å². The van der Waals surface area contributed by atoms with Crippen LogP contribution < -0.4 is 5.32 Å². The summed E-state index contributed by atoms with van der Waals surface area (Å²) in [6.45, 7) is 6.63. The molecule has 2 rings (SSSR count). The Morgan fingerprint density at radius 3 is 2.83 bits per heavy atom. The maximum atomic E-state index is 10.4. The maximum Gasteiger partial charge on any atom is 0.192 e. The molecule has 0 bridgehead atoms. The van der Waals surface area contributed by atoms with Crippen LogP contribution in [0.3, 0.4) is 0 Å². The largest absolute Gasteiger partial charge is 0.441 e. The van der Waals surface area contributed by atoms with Crippen molar-refractivity contribution >= 4 is 11.1 Å². The van der Waals surface area contributed by atoms with Gasteiger partial charge >= 0.3 is 0 Å². The molecule has 0 amide bonds. The molecule has 0 radical (unpaired) electrons. The minimum atomic E-state index is -0.536. The van der Waals surface area contributed by atoms with E-state index in [9.17, 15) is 5.11 Å². The summed E-state index contributed by atoms with van der Waals surface area (Å²) in [4.78, 5) is 4.29. The minimum absolute atomic E-state index is 0.235. The molecular formula is C14H20N2O2. The number of nitrogens with one attached hydrogen (secondary N) is 1. The number of aryl methyl sites for hydroxylation is 1. The highest BCUT2D eigenvalue weighted by molar-refractivity contribution is 5.73. The molecule has 4 nitrogen and oxygen atoms in total. The molecular weight excluding hydrogens is 228 g/mol. The highest BCUT2D eigenvalue weighted by atomic mass is 16.3. The molecule has 2 N–H and O–H groups in total. The third-order valence-corrected chi connectivity index (χ3v) is 3.21. The number of aliphatic hydroxyl groups is 1. The number of rotatable bonds is 4. The van der Waals surface area contributed by atoms with Crippen LogP contribution in [0.15, 0.2) is 22.6 Å². The van der Waals surface area contributed by atoms with Crippen molar-refractivity contribution in [3.05, 3.63) is 29.7 Å². The van der Waals surface area contributed by atoms with Gasteiger partial charge in [0, 0.05) is 18.9 Å². The molecule has 0 aliphatic rings. The second-order valence-corrected chi connectivity index (χ2v) is 5.38. The van der Waals surface area contributed by atoms with Crippen molar-refractivity contribution in [2.24, 2.45) is 5.41 Å². The third kappa shape index (κ3) is 2.40. The van der Waals surface area contributed by atoms with Gasteiger partial charge in [-0.25, -0.2) is 4.98 Å². The van der Waals surface area contributed by atoms with Crippen LogP contribution in [0.5, 0.6) is 0 Å². The minimum Gasteiger partial charge on any atom is -0.441 e. The zero-order chi connectivity index (χ0) is 13.3. The van der Waals surface area contributed by atoms with E-state index in [1.807, 2.05) is 46.0 Å². The monoisotopic (exact) mass is 248 g/mol. The van der Waals surface area contributed by atoms with E-state index in [2.05, 4.69) is 10.3 Å². The Bertz CT molecular complexity index is 546. The molecule has 18 heavy (non-hydrogen) atoms. The Morgan fingerprint density at radius 1 is 1.44 bits per heavy atom. The van der Waals surface area contributed by atoms with Crippen molar-refractivity contribution in [1.29, 1.82) is 0 Å². The average Bonchev–Trinajstić information content (AvgIpc) is 2.66. The molecule has 1 unspecified atom stereocenters. The van der Waals surface area contributed by atoms with Crippen molar-refractivity contribution < 1.29 is 9.52 Å². The molecule has 0 saturated heterocycles. The van der Waals surface area contributed by atoms with Gasteiger partial charge in [0.15, 0.2) is 11.5 Å². The molecule has 1 atom stereocenters. The van der Waals surface area contributed by atoms with Crippen LogP contribution in [-0.2, 0) is 0 Å². The van der Waals surface area contributed by atoms with Gasteiger partial charge in [-0.05, 0) is 24.7 Å². The van der Waals surface area contributed by atoms with E-state index in [0.29, 0.717) is 5.89 Å². The van der Waals surface area contributed by atoms with Crippen LogP contribution in [0.1, 0.15) is 31.4 Å². The van der Waals surface area contributed by atoms with Crippen molar-refractivity contribution in [1.82, 2.24) is 10.3 Å². The molecule has 1 aromatic carbocycles. The molecule has 0 saturated carbocycles. The first kappa shape index (κ1) is 13.1. The predicted octanol–water partition coefficient (Wildman–Crippen LogP) is 2.42. The quantitative estimate of drug-likeness (QED) is 0.872. The van der Waals surface area contributed by atoms with E-state index in [1.54, 1.807) is 0 Å². The van der Waals surface area contributed by atoms with Crippen molar-refractivity contribution in [2.75, 3.05) is 13.6 Å². The van der Waals surface area contributed by atoms with Gasteiger partial charge in [-0.3, -0.25) is 0 Å². The smallest absolute Gasteiger partial charge is 0.192 e. The third-order valence-electron chi connectivity index (χ3n) is 3.21. The summed E-state index contributed by atoms with van der Waals surface area (Å²) in [6.07, 6.45) is -0.536. The Labute approximate surface area is 107 Å². The van der Waals surface area contributed by atoms with Gasteiger partial charge in [-0.15, -0.1) is 0 Å². The Morgan fingerprint density at radius 2 is 2.17 bits per heavy atom. The Hall–Kier alpha value is -1.39. The van der Waals surface area contributed by atoms with Crippen molar-refractivity contribution in [3.8, 4) is 0 Å². The van der Waals surface area contributed by atoms with E-state index >= 15 is 0 Å². The molecule has 4 heteroatoms. The molecule has 98 valence electrons. The lowest BCUT2D eigenvalue weighted by atomic mass is 9.82. The molecule has 0 fully saturated rings. The Kier molecular flexibility index (Phi) is 3.41. The summed E-state index contributed by atoms with van der Waals surface area (Å²) >= 11 is 0. The fourth-order valence-electron chi connectivity index (χ4n) is 2.23. The average molecular weight is 248 g/mol. The fourth-order valence-corrected chi connectivity index (χ4v) is 2.23. The standard InChI is InChI=1S/C14H20N2O2/c1-9-16-11-7-10(5-6-12(11)18-9)13(17)14(2,3)8-15-4/h5-7,13,15,17H,8H2,1-4H3. The van der Waals surface area contributed by atoms with Gasteiger partial charge in [0.25, 0.3) is 0 Å². The van der Waals surface area contributed by atoms with E-state index in [0.717, 1.165) is 23.2 Å². The number of fused-ring (bicyclic) bond motifs is 1. The molecule has 0 aliphatic carbocycles. The molecule has 1 aromatic heterocycles. The van der Waals surface area contributed by atoms with Gasteiger partial charge in [0.05, 0.1) is 6.10 Å². The number of aliphatic hydroxyl groups excluding tert-OH is 1. The normalized spacial score (nSPS) is 14.1. The van der Waals surface area contributed by atoms with Gasteiger partial charge in [0.2, 0.25) is 0 Å². The maximum absolute atomic E-state index is 10.4. The van der Waals surface area contributed by atoms with Gasteiger partial charge in [0.1, 0.15) is 5.52 Å². The summed E-state index contributed by atoms with van der Waals surface area (Å²) < 4.78 is 5.43. The zero-order valence-corrected chi connectivity index (χ0v) is 11.3. The number of hydrogen-bond acceptors (Lipinski definition) is 4. The highest BCUT2D eigenvalue weighted by Gasteiger charge is 2.28. The van der Waals surface area contributed by atoms with Crippen molar-refractivity contribution in [2.45, 2.75) is 26.9 Å². The topological polar surface area (TPSA) is 58.3 Å². The lowest BCUT2D eigenvalue weighted by molar-refractivity contribution is 0.0507. The second-order valence-electron chi connectivity index (χ2n) is 5.38. The SMILES string of the molecule is CNCC(C)(C)C(O)c1ccc2oc(C)nc2c1. The van der Waals surface area contributed by atoms with Crippen LogP contribution in [0.25, 0.3) is 11.1 Å². The van der Waals surface area contributed by atoms with Crippen LogP contribution in [0, 0.1) is 12.3 Å². The summed E-state index contributed by atoms with van der Waals surface area (Å²) in [6, 6.07) is 5.66. The van der Waals surface area contributed by atoms with Crippen LogP contribution in [0.4, 0.5) is 0 Å². The summed E-state index contributed by atoms with van der Waals surface area (Å²) in [7, 11) is 1.89. The molecule has 1 heterocycles. The summed E-state index contributed by atoms with van der Waals surface area (Å²) in [5.41, 5.74) is 2.19. The summed E-state index contributed by atoms with van der Waals surface area (Å²) in [5.74, 6) is 0.645. The number of nitrogens with zero attached hydrogens (tertiary/aromatic N) is 1. The summed E-state index contributed by atoms with van der Waals surface area (Å²) in [5, 5.41) is 13.6. The zero-order valence-electron chi connectivity index (χ0n) is 11.3. The van der Waals surface area contributed by atoms with Gasteiger partial charge in [-0.2, -0.15) is 0 Å². The van der Waals surface area contributed by atoms with E-state index in [4.69, 9.17) is 4.42 Å². The fraction of sp³-hybridized carbons (Fsp3) is 0.500. The lowest BCUT2D eigenvalue weighted by Crippen LogP contribution is -2.32. The van der Waals surface area contributed by atoms with Crippen LogP contribution >= 0.6 is 0 Å². The predicted molar refractivity (Wildman–Crippen MR) is 71.4 cm³/mol.